The van der Waals surface area contributed by atoms with Crippen LogP contribution in [0.15, 0.2) is 17.4 Å². The Morgan fingerprint density at radius 2 is 2.15 bits per heavy atom. The van der Waals surface area contributed by atoms with Crippen molar-refractivity contribution in [3.05, 3.63) is 18.1 Å². The Kier molecular flexibility index (Phi) is 3.89. The van der Waals surface area contributed by atoms with Gasteiger partial charge in [-0.15, -0.1) is 0 Å². The number of carbonyl (C=O) groups excluding carboxylic acids is 1. The predicted molar refractivity (Wildman–Crippen MR) is 52.6 cm³/mol. The Bertz CT molecular complexity index is 301. The molecule has 0 unspecified atom stereocenters. The fraction of sp³-hybridized carbons (Fsp3) is 0.444. The summed E-state index contributed by atoms with van der Waals surface area (Å²) in [4.78, 5) is 19.2. The van der Waals surface area contributed by atoms with E-state index < -0.39 is 0 Å². The molecule has 0 saturated carbocycles. The molecule has 0 amide bonds. The van der Waals surface area contributed by atoms with Crippen molar-refractivity contribution < 1.29 is 4.79 Å². The van der Waals surface area contributed by atoms with Crippen molar-refractivity contribution in [2.45, 2.75) is 31.7 Å². The Morgan fingerprint density at radius 1 is 1.46 bits per heavy atom. The first kappa shape index (κ1) is 10.2. The summed E-state index contributed by atoms with van der Waals surface area (Å²) in [5.74, 6) is 0. The van der Waals surface area contributed by atoms with Crippen LogP contribution in [0.3, 0.4) is 0 Å². The van der Waals surface area contributed by atoms with Crippen LogP contribution in [0.5, 0.6) is 0 Å². The first-order chi connectivity index (χ1) is 6.24. The molecule has 0 fully saturated rings. The van der Waals surface area contributed by atoms with Crippen molar-refractivity contribution in [3.8, 4) is 0 Å². The molecule has 4 heteroatoms. The third-order valence-electron chi connectivity index (χ3n) is 1.46. The molecule has 13 heavy (non-hydrogen) atoms. The van der Waals surface area contributed by atoms with Gasteiger partial charge >= 0.3 is 0 Å². The lowest BCUT2D eigenvalue weighted by Crippen LogP contribution is -1.96. The van der Waals surface area contributed by atoms with Gasteiger partial charge in [-0.1, -0.05) is 13.3 Å². The lowest BCUT2D eigenvalue weighted by molar-refractivity contribution is -0.109. The zero-order chi connectivity index (χ0) is 9.68. The third kappa shape index (κ3) is 3.14. The van der Waals surface area contributed by atoms with Crippen molar-refractivity contribution in [2.24, 2.45) is 0 Å². The lowest BCUT2D eigenvalue weighted by Gasteiger charge is -2.02. The van der Waals surface area contributed by atoms with Gasteiger partial charge in [0.15, 0.2) is 5.12 Å². The van der Waals surface area contributed by atoms with Crippen molar-refractivity contribution in [3.63, 3.8) is 0 Å². The molecule has 0 spiro atoms. The molecule has 0 saturated heterocycles. The van der Waals surface area contributed by atoms with Gasteiger partial charge in [-0.25, -0.2) is 4.98 Å². The number of hydrogen-bond acceptors (Lipinski definition) is 4. The smallest absolute Gasteiger partial charge is 0.192 e. The van der Waals surface area contributed by atoms with Gasteiger partial charge in [0.05, 0.1) is 5.69 Å². The van der Waals surface area contributed by atoms with Crippen molar-refractivity contribution in [1.29, 1.82) is 0 Å². The van der Waals surface area contributed by atoms with Gasteiger partial charge in [-0.2, -0.15) is 0 Å². The zero-order valence-corrected chi connectivity index (χ0v) is 8.60. The number of nitrogens with zero attached hydrogens (tertiary/aromatic N) is 2. The van der Waals surface area contributed by atoms with Crippen LogP contribution in [-0.2, 0) is 11.2 Å². The molecule has 0 radical (unpaired) electrons. The molecule has 1 aromatic rings. The van der Waals surface area contributed by atoms with E-state index in [-0.39, 0.29) is 5.12 Å². The van der Waals surface area contributed by atoms with Crippen molar-refractivity contribution >= 4 is 16.9 Å². The third-order valence-corrected chi connectivity index (χ3v) is 2.28. The second-order valence-corrected chi connectivity index (χ2v) is 3.82. The minimum Gasteiger partial charge on any atom is -0.287 e. The summed E-state index contributed by atoms with van der Waals surface area (Å²) in [5.41, 5.74) is 0.921. The quantitative estimate of drug-likeness (QED) is 0.694. The summed E-state index contributed by atoms with van der Waals surface area (Å²) in [6, 6.07) is 0. The second-order valence-electron chi connectivity index (χ2n) is 2.65. The largest absolute Gasteiger partial charge is 0.287 e. The maximum absolute atomic E-state index is 10.9. The molecule has 0 atom stereocenters. The normalized spacial score (nSPS) is 10.0. The predicted octanol–water partition coefficient (Wildman–Crippen LogP) is 2.07. The summed E-state index contributed by atoms with van der Waals surface area (Å²) < 4.78 is 0. The average Bonchev–Trinajstić information content (AvgIpc) is 2.08. The van der Waals surface area contributed by atoms with E-state index in [4.69, 9.17) is 0 Å². The maximum atomic E-state index is 10.9. The van der Waals surface area contributed by atoms with Crippen LogP contribution >= 0.6 is 11.8 Å². The van der Waals surface area contributed by atoms with Gasteiger partial charge in [-0.3, -0.25) is 9.78 Å². The number of hydrogen-bond donors (Lipinski definition) is 0. The monoisotopic (exact) mass is 196 g/mol. The van der Waals surface area contributed by atoms with Crippen LogP contribution in [0.25, 0.3) is 0 Å². The Labute approximate surface area is 82.0 Å². The van der Waals surface area contributed by atoms with Crippen molar-refractivity contribution in [1.82, 2.24) is 9.97 Å². The first-order valence-corrected chi connectivity index (χ1v) is 5.04. The summed E-state index contributed by atoms with van der Waals surface area (Å²) in [5, 5.41) is 0.801. The Balaban J connectivity index is 2.84. The molecule has 0 aliphatic rings. The highest BCUT2D eigenvalue weighted by Crippen LogP contribution is 2.19. The van der Waals surface area contributed by atoms with Gasteiger partial charge in [0.2, 0.25) is 0 Å². The van der Waals surface area contributed by atoms with Crippen LogP contribution < -0.4 is 0 Å². The van der Waals surface area contributed by atoms with Crippen LogP contribution in [0.2, 0.25) is 0 Å². The highest BCUT2D eigenvalue weighted by atomic mass is 32.2. The molecule has 1 heterocycles. The van der Waals surface area contributed by atoms with Crippen LogP contribution in [-0.4, -0.2) is 15.1 Å². The number of rotatable bonds is 3. The standard InChI is InChI=1S/C9H12N2OS/c1-3-4-8-9(13-7(2)12)11-6-5-10-8/h5-6H,3-4H2,1-2H3. The summed E-state index contributed by atoms with van der Waals surface area (Å²) in [6.07, 6.45) is 5.17. The van der Waals surface area contributed by atoms with E-state index in [1.807, 2.05) is 0 Å². The van der Waals surface area contributed by atoms with Gasteiger partial charge in [0, 0.05) is 19.3 Å². The van der Waals surface area contributed by atoms with Crippen LogP contribution in [0.1, 0.15) is 26.0 Å². The molecule has 1 rings (SSSR count). The molecule has 0 N–H and O–H groups in total. The number of thioether (sulfide) groups is 1. The Hall–Kier alpha value is -0.900. The summed E-state index contributed by atoms with van der Waals surface area (Å²) in [6.45, 7) is 3.62. The molecule has 70 valence electrons. The van der Waals surface area contributed by atoms with E-state index >= 15 is 0 Å². The zero-order valence-electron chi connectivity index (χ0n) is 7.78. The topological polar surface area (TPSA) is 42.9 Å². The molecule has 1 aromatic heterocycles. The number of aryl methyl sites for hydroxylation is 1. The summed E-state index contributed by atoms with van der Waals surface area (Å²) in [7, 11) is 0. The van der Waals surface area contributed by atoms with Gasteiger partial charge in [0.1, 0.15) is 5.03 Å². The highest BCUT2D eigenvalue weighted by molar-refractivity contribution is 8.13. The molecule has 0 aromatic carbocycles. The maximum Gasteiger partial charge on any atom is 0.192 e. The summed E-state index contributed by atoms with van der Waals surface area (Å²) >= 11 is 1.15. The van der Waals surface area contributed by atoms with Gasteiger partial charge in [-0.05, 0) is 18.2 Å². The number of aromatic nitrogens is 2. The average molecular weight is 196 g/mol. The Morgan fingerprint density at radius 3 is 2.77 bits per heavy atom. The minimum absolute atomic E-state index is 0.0536. The molecule has 3 nitrogen and oxygen atoms in total. The minimum atomic E-state index is 0.0536. The van der Waals surface area contributed by atoms with E-state index in [1.54, 1.807) is 12.4 Å². The fourth-order valence-corrected chi connectivity index (χ4v) is 1.64. The van der Waals surface area contributed by atoms with Crippen LogP contribution in [0.4, 0.5) is 0 Å². The van der Waals surface area contributed by atoms with Gasteiger partial charge in [0.25, 0.3) is 0 Å². The lowest BCUT2D eigenvalue weighted by atomic mass is 10.3. The first-order valence-electron chi connectivity index (χ1n) is 4.22. The number of carbonyl (C=O) groups is 1. The van der Waals surface area contributed by atoms with Crippen molar-refractivity contribution in [2.75, 3.05) is 0 Å². The van der Waals surface area contributed by atoms with E-state index in [2.05, 4.69) is 16.9 Å². The molecular weight excluding hydrogens is 184 g/mol. The fourth-order valence-electron chi connectivity index (χ4n) is 0.984. The van der Waals surface area contributed by atoms with E-state index in [1.165, 1.54) is 6.92 Å². The highest BCUT2D eigenvalue weighted by Gasteiger charge is 2.06. The van der Waals surface area contributed by atoms with E-state index in [0.717, 1.165) is 35.3 Å². The molecule has 0 aliphatic carbocycles. The molecule has 0 aliphatic heterocycles. The van der Waals surface area contributed by atoms with Gasteiger partial charge < -0.3 is 0 Å². The molecular formula is C9H12N2OS. The van der Waals surface area contributed by atoms with E-state index in [0.29, 0.717) is 0 Å². The second kappa shape index (κ2) is 4.97. The SMILES string of the molecule is CCCc1nccnc1SC(C)=O. The molecule has 0 bridgehead atoms. The van der Waals surface area contributed by atoms with Crippen LogP contribution in [0, 0.1) is 0 Å². The van der Waals surface area contributed by atoms with E-state index in [9.17, 15) is 4.79 Å².